The van der Waals surface area contributed by atoms with Crippen molar-refractivity contribution < 1.29 is 8.42 Å². The molecule has 0 aliphatic carbocycles. The van der Waals surface area contributed by atoms with Crippen LogP contribution in [0.25, 0.3) is 0 Å². The minimum absolute atomic E-state index is 0.0543. The number of alkyl halides is 1. The molecule has 0 aliphatic heterocycles. The molecule has 0 amide bonds. The molecule has 0 spiro atoms. The highest BCUT2D eigenvalue weighted by Gasteiger charge is 2.19. The van der Waals surface area contributed by atoms with Crippen molar-refractivity contribution >= 4 is 33.2 Å². The van der Waals surface area contributed by atoms with Crippen LogP contribution in [0.5, 0.6) is 0 Å². The lowest BCUT2D eigenvalue weighted by Gasteiger charge is -2.12. The van der Waals surface area contributed by atoms with Crippen LogP contribution in [0.2, 0.25) is 5.02 Å². The summed E-state index contributed by atoms with van der Waals surface area (Å²) in [4.78, 5) is 0.0543. The Kier molecular flexibility index (Phi) is 5.05. The molecule has 1 N–H and O–H groups in total. The summed E-state index contributed by atoms with van der Waals surface area (Å²) in [6.45, 7) is 0.0964. The molecule has 1 unspecified atom stereocenters. The van der Waals surface area contributed by atoms with Crippen molar-refractivity contribution in [2.75, 3.05) is 6.54 Å². The van der Waals surface area contributed by atoms with E-state index in [1.807, 2.05) is 30.3 Å². The molecule has 0 bridgehead atoms. The van der Waals surface area contributed by atoms with Crippen LogP contribution >= 0.6 is 23.2 Å². The van der Waals surface area contributed by atoms with Crippen LogP contribution in [0.3, 0.4) is 0 Å². The topological polar surface area (TPSA) is 46.2 Å². The highest BCUT2D eigenvalue weighted by molar-refractivity contribution is 7.89. The van der Waals surface area contributed by atoms with Crippen LogP contribution < -0.4 is 4.72 Å². The van der Waals surface area contributed by atoms with Gasteiger partial charge in [0.25, 0.3) is 0 Å². The smallest absolute Gasteiger partial charge is 0.209 e. The average molecular weight is 330 g/mol. The first-order valence-electron chi connectivity index (χ1n) is 5.94. The molecule has 0 fully saturated rings. The van der Waals surface area contributed by atoms with E-state index in [0.717, 1.165) is 5.56 Å². The SMILES string of the molecule is O=S(=O)(NCC(Cl)c1ccccc1)c1ccccc1Cl. The number of nitrogens with one attached hydrogen (secondary N) is 1. The van der Waals surface area contributed by atoms with E-state index in [2.05, 4.69) is 4.72 Å². The summed E-state index contributed by atoms with van der Waals surface area (Å²) >= 11 is 12.1. The summed E-state index contributed by atoms with van der Waals surface area (Å²) < 4.78 is 26.7. The Labute approximate surface area is 128 Å². The summed E-state index contributed by atoms with van der Waals surface area (Å²) in [5, 5.41) is -0.251. The van der Waals surface area contributed by atoms with Gasteiger partial charge in [0.05, 0.1) is 10.4 Å². The quantitative estimate of drug-likeness (QED) is 0.852. The fourth-order valence-corrected chi connectivity index (χ4v) is 3.58. The number of hydrogen-bond donors (Lipinski definition) is 1. The van der Waals surface area contributed by atoms with Gasteiger partial charge in [0.2, 0.25) is 10.0 Å². The van der Waals surface area contributed by atoms with Crippen molar-refractivity contribution in [3.63, 3.8) is 0 Å². The lowest BCUT2D eigenvalue weighted by atomic mass is 10.1. The molecule has 106 valence electrons. The fourth-order valence-electron chi connectivity index (χ4n) is 1.70. The Hall–Kier alpha value is -1.07. The summed E-state index contributed by atoms with van der Waals surface area (Å²) in [5.74, 6) is 0. The van der Waals surface area contributed by atoms with Crippen molar-refractivity contribution in [3.05, 3.63) is 65.2 Å². The maximum atomic E-state index is 12.1. The molecule has 6 heteroatoms. The van der Waals surface area contributed by atoms with Crippen molar-refractivity contribution in [2.24, 2.45) is 0 Å². The highest BCUT2D eigenvalue weighted by atomic mass is 35.5. The van der Waals surface area contributed by atoms with E-state index in [9.17, 15) is 8.42 Å². The number of benzene rings is 2. The zero-order valence-electron chi connectivity index (χ0n) is 10.5. The van der Waals surface area contributed by atoms with Gasteiger partial charge in [0, 0.05) is 6.54 Å². The third-order valence-corrected chi connectivity index (χ3v) is 5.07. The molecular weight excluding hydrogens is 317 g/mol. The van der Waals surface area contributed by atoms with Crippen molar-refractivity contribution in [3.8, 4) is 0 Å². The molecule has 2 aromatic rings. The summed E-state index contributed by atoms with van der Waals surface area (Å²) in [5.41, 5.74) is 0.857. The van der Waals surface area contributed by atoms with Crippen LogP contribution in [0.4, 0.5) is 0 Å². The monoisotopic (exact) mass is 329 g/mol. The second kappa shape index (κ2) is 6.59. The second-order valence-electron chi connectivity index (χ2n) is 4.16. The molecule has 2 rings (SSSR count). The largest absolute Gasteiger partial charge is 0.242 e. The van der Waals surface area contributed by atoms with E-state index in [1.165, 1.54) is 12.1 Å². The lowest BCUT2D eigenvalue weighted by molar-refractivity contribution is 0.581. The molecule has 0 saturated heterocycles. The highest BCUT2D eigenvalue weighted by Crippen LogP contribution is 2.22. The first-order chi connectivity index (χ1) is 9.50. The van der Waals surface area contributed by atoms with Gasteiger partial charge in [-0.15, -0.1) is 11.6 Å². The fraction of sp³-hybridized carbons (Fsp3) is 0.143. The van der Waals surface area contributed by atoms with Gasteiger partial charge in [0.1, 0.15) is 4.90 Å². The summed E-state index contributed by atoms with van der Waals surface area (Å²) in [6, 6.07) is 15.6. The lowest BCUT2D eigenvalue weighted by Crippen LogP contribution is -2.27. The molecular formula is C14H13Cl2NO2S. The van der Waals surface area contributed by atoms with Gasteiger partial charge in [-0.05, 0) is 17.7 Å². The summed E-state index contributed by atoms with van der Waals surface area (Å²) in [6.07, 6.45) is 0. The Bertz CT molecular complexity index is 675. The van der Waals surface area contributed by atoms with Crippen LogP contribution in [0, 0.1) is 0 Å². The van der Waals surface area contributed by atoms with E-state index in [-0.39, 0.29) is 16.5 Å². The number of rotatable bonds is 5. The molecule has 0 aromatic heterocycles. The van der Waals surface area contributed by atoms with Gasteiger partial charge in [-0.3, -0.25) is 0 Å². The Balaban J connectivity index is 2.09. The normalized spacial score (nSPS) is 13.1. The van der Waals surface area contributed by atoms with Crippen molar-refractivity contribution in [2.45, 2.75) is 10.3 Å². The molecule has 0 aliphatic rings. The van der Waals surface area contributed by atoms with Crippen LogP contribution in [0.1, 0.15) is 10.9 Å². The predicted molar refractivity (Wildman–Crippen MR) is 81.7 cm³/mol. The van der Waals surface area contributed by atoms with Gasteiger partial charge in [0.15, 0.2) is 0 Å². The number of sulfonamides is 1. The Morgan fingerprint density at radius 2 is 1.60 bits per heavy atom. The maximum absolute atomic E-state index is 12.1. The van der Waals surface area contributed by atoms with Gasteiger partial charge >= 0.3 is 0 Å². The van der Waals surface area contributed by atoms with Crippen LogP contribution in [-0.2, 0) is 10.0 Å². The zero-order valence-corrected chi connectivity index (χ0v) is 12.8. The van der Waals surface area contributed by atoms with Gasteiger partial charge in [-0.2, -0.15) is 0 Å². The minimum atomic E-state index is -3.66. The first kappa shape index (κ1) is 15.3. The third-order valence-electron chi connectivity index (χ3n) is 2.74. The molecule has 3 nitrogen and oxygen atoms in total. The number of hydrogen-bond acceptors (Lipinski definition) is 2. The van der Waals surface area contributed by atoms with E-state index < -0.39 is 15.4 Å². The molecule has 0 heterocycles. The third kappa shape index (κ3) is 3.73. The van der Waals surface area contributed by atoms with E-state index in [1.54, 1.807) is 12.1 Å². The van der Waals surface area contributed by atoms with Gasteiger partial charge in [-0.1, -0.05) is 54.1 Å². The average Bonchev–Trinajstić information content (AvgIpc) is 2.46. The van der Waals surface area contributed by atoms with E-state index in [4.69, 9.17) is 23.2 Å². The Morgan fingerprint density at radius 3 is 2.25 bits per heavy atom. The van der Waals surface area contributed by atoms with Crippen LogP contribution in [-0.4, -0.2) is 15.0 Å². The first-order valence-corrected chi connectivity index (χ1v) is 8.23. The molecule has 20 heavy (non-hydrogen) atoms. The van der Waals surface area contributed by atoms with Crippen LogP contribution in [0.15, 0.2) is 59.5 Å². The maximum Gasteiger partial charge on any atom is 0.242 e. The zero-order chi connectivity index (χ0) is 14.6. The van der Waals surface area contributed by atoms with Gasteiger partial charge in [-0.25, -0.2) is 13.1 Å². The second-order valence-corrected chi connectivity index (χ2v) is 6.83. The molecule has 0 saturated carbocycles. The van der Waals surface area contributed by atoms with Gasteiger partial charge < -0.3 is 0 Å². The van der Waals surface area contributed by atoms with E-state index in [0.29, 0.717) is 0 Å². The summed E-state index contributed by atoms with van der Waals surface area (Å²) in [7, 11) is -3.66. The minimum Gasteiger partial charge on any atom is -0.209 e. The Morgan fingerprint density at radius 1 is 1.00 bits per heavy atom. The molecule has 0 radical (unpaired) electrons. The van der Waals surface area contributed by atoms with Crippen molar-refractivity contribution in [1.29, 1.82) is 0 Å². The standard InChI is InChI=1S/C14H13Cl2NO2S/c15-12-8-4-5-9-14(12)20(18,19)17-10-13(16)11-6-2-1-3-7-11/h1-9,13,17H,10H2. The molecule has 2 aromatic carbocycles. The number of halogens is 2. The predicted octanol–water partition coefficient (Wildman–Crippen LogP) is 3.60. The van der Waals surface area contributed by atoms with Crippen molar-refractivity contribution in [1.82, 2.24) is 4.72 Å². The molecule has 1 atom stereocenters. The van der Waals surface area contributed by atoms with E-state index >= 15 is 0 Å².